The zero-order chi connectivity index (χ0) is 14.8. The molecule has 4 N–H and O–H groups in total. The Kier molecular flexibility index (Phi) is 4.48. The Labute approximate surface area is 121 Å². The zero-order valence-corrected chi connectivity index (χ0v) is 13.1. The number of hydrogen-bond donors (Lipinski definition) is 3. The fraction of sp³-hybridized carbons (Fsp3) is 0.733. The molecule has 1 aromatic rings. The van der Waals surface area contributed by atoms with E-state index in [1.165, 1.54) is 25.7 Å². The van der Waals surface area contributed by atoms with Crippen molar-refractivity contribution in [3.05, 3.63) is 11.4 Å². The van der Waals surface area contributed by atoms with Crippen LogP contribution in [-0.4, -0.2) is 16.5 Å². The second-order valence-corrected chi connectivity index (χ2v) is 6.78. The molecule has 1 fully saturated rings. The van der Waals surface area contributed by atoms with Crippen LogP contribution in [0.15, 0.2) is 0 Å². The monoisotopic (exact) mass is 277 g/mol. The average molecular weight is 277 g/mol. The largest absolute Gasteiger partial charge is 0.370 e. The summed E-state index contributed by atoms with van der Waals surface area (Å²) in [6.45, 7) is 9.28. The minimum Gasteiger partial charge on any atom is -0.370 e. The predicted octanol–water partition coefficient (Wildman–Crippen LogP) is 2.97. The topological polar surface area (TPSA) is 75.9 Å². The van der Waals surface area contributed by atoms with Gasteiger partial charge in [0.2, 0.25) is 0 Å². The first-order valence-corrected chi connectivity index (χ1v) is 7.51. The highest BCUT2D eigenvalue weighted by Crippen LogP contribution is 2.30. The van der Waals surface area contributed by atoms with Crippen LogP contribution in [0.5, 0.6) is 0 Å². The average Bonchev–Trinajstić information content (AvgIpc) is 2.32. The molecule has 0 bridgehead atoms. The highest BCUT2D eigenvalue weighted by Gasteiger charge is 2.21. The number of anilines is 2. The number of hydrazine groups is 1. The van der Waals surface area contributed by atoms with E-state index in [2.05, 4.69) is 41.5 Å². The van der Waals surface area contributed by atoms with Crippen LogP contribution in [0.2, 0.25) is 0 Å². The third kappa shape index (κ3) is 3.39. The Bertz CT molecular complexity index is 460. The molecule has 1 aromatic heterocycles. The van der Waals surface area contributed by atoms with Crippen molar-refractivity contribution in [2.24, 2.45) is 11.8 Å². The van der Waals surface area contributed by atoms with Gasteiger partial charge in [-0.2, -0.15) is 0 Å². The lowest BCUT2D eigenvalue weighted by molar-refractivity contribution is 0.303. The lowest BCUT2D eigenvalue weighted by atomic mass is 9.83. The standard InChI is InChI=1S/C15H27N5/c1-10-12(17-9-8-11-6-5-7-11)18-14(15(2,3)4)19-13(10)20-16/h11H,5-9,16H2,1-4H3,(H2,17,18,19,20). The third-order valence-electron chi connectivity index (χ3n) is 4.02. The van der Waals surface area contributed by atoms with Gasteiger partial charge in [0.25, 0.3) is 0 Å². The van der Waals surface area contributed by atoms with Crippen molar-refractivity contribution in [3.63, 3.8) is 0 Å². The van der Waals surface area contributed by atoms with Crippen LogP contribution in [0.3, 0.4) is 0 Å². The highest BCUT2D eigenvalue weighted by atomic mass is 15.3. The molecule has 5 heteroatoms. The summed E-state index contributed by atoms with van der Waals surface area (Å²) < 4.78 is 0. The van der Waals surface area contributed by atoms with Crippen LogP contribution < -0.4 is 16.6 Å². The molecule has 0 atom stereocenters. The molecule has 0 radical (unpaired) electrons. The van der Waals surface area contributed by atoms with Crippen LogP contribution in [-0.2, 0) is 5.41 Å². The molecule has 2 rings (SSSR count). The first-order valence-electron chi connectivity index (χ1n) is 7.51. The zero-order valence-electron chi connectivity index (χ0n) is 13.1. The molecule has 0 unspecified atom stereocenters. The van der Waals surface area contributed by atoms with Gasteiger partial charge in [-0.15, -0.1) is 0 Å². The van der Waals surface area contributed by atoms with Crippen LogP contribution in [0.25, 0.3) is 0 Å². The van der Waals surface area contributed by atoms with Gasteiger partial charge in [0.05, 0.1) is 0 Å². The molecule has 5 nitrogen and oxygen atoms in total. The van der Waals surface area contributed by atoms with Crippen LogP contribution >= 0.6 is 0 Å². The van der Waals surface area contributed by atoms with E-state index in [0.717, 1.165) is 29.7 Å². The van der Waals surface area contributed by atoms with E-state index in [1.54, 1.807) is 0 Å². The molecule has 20 heavy (non-hydrogen) atoms. The number of nitrogens with two attached hydrogens (primary N) is 1. The summed E-state index contributed by atoms with van der Waals surface area (Å²) in [4.78, 5) is 9.18. The van der Waals surface area contributed by atoms with Crippen LogP contribution in [0.1, 0.15) is 57.8 Å². The second kappa shape index (κ2) is 5.95. The summed E-state index contributed by atoms with van der Waals surface area (Å²) in [6, 6.07) is 0. The maximum absolute atomic E-state index is 5.57. The summed E-state index contributed by atoms with van der Waals surface area (Å²) in [5.74, 6) is 8.89. The number of hydrogen-bond acceptors (Lipinski definition) is 5. The summed E-state index contributed by atoms with van der Waals surface area (Å²) in [6.07, 6.45) is 5.38. The minimum absolute atomic E-state index is 0.0935. The van der Waals surface area contributed by atoms with E-state index in [1.807, 2.05) is 6.92 Å². The smallest absolute Gasteiger partial charge is 0.148 e. The van der Waals surface area contributed by atoms with E-state index < -0.39 is 0 Å². The van der Waals surface area contributed by atoms with Crippen molar-refractivity contribution in [3.8, 4) is 0 Å². The molecule has 0 spiro atoms. The van der Waals surface area contributed by atoms with E-state index in [4.69, 9.17) is 5.84 Å². The summed E-state index contributed by atoms with van der Waals surface area (Å²) >= 11 is 0. The predicted molar refractivity (Wildman–Crippen MR) is 83.7 cm³/mol. The van der Waals surface area contributed by atoms with Crippen LogP contribution in [0.4, 0.5) is 11.6 Å². The number of aromatic nitrogens is 2. The molecule has 1 saturated carbocycles. The molecule has 112 valence electrons. The normalized spacial score (nSPS) is 15.8. The maximum Gasteiger partial charge on any atom is 0.148 e. The molecule has 0 amide bonds. The van der Waals surface area contributed by atoms with E-state index in [0.29, 0.717) is 5.82 Å². The molecular weight excluding hydrogens is 250 g/mol. The third-order valence-corrected chi connectivity index (χ3v) is 4.02. The molecule has 1 heterocycles. The molecule has 0 aromatic carbocycles. The lowest BCUT2D eigenvalue weighted by Crippen LogP contribution is -2.22. The number of rotatable bonds is 5. The van der Waals surface area contributed by atoms with Crippen molar-refractivity contribution >= 4 is 11.6 Å². The first-order chi connectivity index (χ1) is 9.41. The Balaban J connectivity index is 2.12. The van der Waals surface area contributed by atoms with Gasteiger partial charge in [0.1, 0.15) is 17.5 Å². The van der Waals surface area contributed by atoms with Gasteiger partial charge in [-0.1, -0.05) is 40.0 Å². The van der Waals surface area contributed by atoms with E-state index in [-0.39, 0.29) is 5.41 Å². The molecular formula is C15H27N5. The summed E-state index contributed by atoms with van der Waals surface area (Å²) in [7, 11) is 0. The summed E-state index contributed by atoms with van der Waals surface area (Å²) in [5.41, 5.74) is 3.57. The Hall–Kier alpha value is -1.36. The van der Waals surface area contributed by atoms with Gasteiger partial charge in [-0.3, -0.25) is 0 Å². The quantitative estimate of drug-likeness (QED) is 0.570. The lowest BCUT2D eigenvalue weighted by Gasteiger charge is -2.26. The van der Waals surface area contributed by atoms with Crippen LogP contribution in [0, 0.1) is 12.8 Å². The van der Waals surface area contributed by atoms with E-state index >= 15 is 0 Å². The van der Waals surface area contributed by atoms with Crippen molar-refractivity contribution in [2.75, 3.05) is 17.3 Å². The SMILES string of the molecule is Cc1c(NN)nc(C(C)(C)C)nc1NCCC1CCC1. The van der Waals surface area contributed by atoms with Gasteiger partial charge >= 0.3 is 0 Å². The van der Waals surface area contributed by atoms with Gasteiger partial charge in [0, 0.05) is 17.5 Å². The second-order valence-electron chi connectivity index (χ2n) is 6.78. The molecule has 1 aliphatic rings. The van der Waals surface area contributed by atoms with Crippen molar-refractivity contribution < 1.29 is 0 Å². The van der Waals surface area contributed by atoms with Crippen molar-refractivity contribution in [1.29, 1.82) is 0 Å². The summed E-state index contributed by atoms with van der Waals surface area (Å²) in [5, 5.41) is 3.45. The number of nitrogens with zero attached hydrogens (tertiary/aromatic N) is 2. The number of nitrogen functional groups attached to an aromatic ring is 1. The fourth-order valence-corrected chi connectivity index (χ4v) is 2.34. The van der Waals surface area contributed by atoms with Gasteiger partial charge in [-0.05, 0) is 19.3 Å². The molecule has 1 aliphatic carbocycles. The fourth-order valence-electron chi connectivity index (χ4n) is 2.34. The number of nitrogens with one attached hydrogen (secondary N) is 2. The van der Waals surface area contributed by atoms with Gasteiger partial charge in [0.15, 0.2) is 0 Å². The van der Waals surface area contributed by atoms with Gasteiger partial charge in [-0.25, -0.2) is 15.8 Å². The minimum atomic E-state index is -0.0935. The highest BCUT2D eigenvalue weighted by molar-refractivity contribution is 5.57. The Morgan fingerprint density at radius 1 is 1.20 bits per heavy atom. The maximum atomic E-state index is 5.57. The van der Waals surface area contributed by atoms with Gasteiger partial charge < -0.3 is 10.7 Å². The van der Waals surface area contributed by atoms with Crippen molar-refractivity contribution in [1.82, 2.24) is 9.97 Å². The Morgan fingerprint density at radius 2 is 1.85 bits per heavy atom. The molecule has 0 saturated heterocycles. The molecule has 0 aliphatic heterocycles. The van der Waals surface area contributed by atoms with E-state index in [9.17, 15) is 0 Å². The Morgan fingerprint density at radius 3 is 2.35 bits per heavy atom. The first kappa shape index (κ1) is 15.0. The van der Waals surface area contributed by atoms with Crippen molar-refractivity contribution in [2.45, 2.75) is 58.8 Å².